The molecule has 146 valence electrons. The molecule has 0 aliphatic carbocycles. The van der Waals surface area contributed by atoms with E-state index in [1.54, 1.807) is 14.0 Å². The summed E-state index contributed by atoms with van der Waals surface area (Å²) in [5.74, 6) is -0.828. The summed E-state index contributed by atoms with van der Waals surface area (Å²) in [7, 11) is 2.91. The summed E-state index contributed by atoms with van der Waals surface area (Å²) < 4.78 is 6.15. The molecule has 1 aromatic carbocycles. The van der Waals surface area contributed by atoms with E-state index in [1.165, 1.54) is 22.9 Å². The highest BCUT2D eigenvalue weighted by Crippen LogP contribution is 2.28. The Balaban J connectivity index is 2.04. The van der Waals surface area contributed by atoms with Gasteiger partial charge in [0.05, 0.1) is 23.7 Å². The molecule has 28 heavy (non-hydrogen) atoms. The Morgan fingerprint density at radius 3 is 2.64 bits per heavy atom. The zero-order chi connectivity index (χ0) is 20.4. The minimum atomic E-state index is -0.505. The van der Waals surface area contributed by atoms with Crippen molar-refractivity contribution in [2.45, 2.75) is 20.4 Å². The maximum Gasteiger partial charge on any atom is 0.325 e. The van der Waals surface area contributed by atoms with E-state index in [4.69, 9.17) is 4.74 Å². The van der Waals surface area contributed by atoms with Crippen molar-refractivity contribution in [2.24, 2.45) is 7.05 Å². The Labute approximate surface area is 166 Å². The monoisotopic (exact) mass is 399 g/mol. The summed E-state index contributed by atoms with van der Waals surface area (Å²) >= 11 is 1.16. The first-order valence-corrected chi connectivity index (χ1v) is 9.50. The van der Waals surface area contributed by atoms with Gasteiger partial charge >= 0.3 is 5.97 Å². The first kappa shape index (κ1) is 19.8. The molecule has 2 aromatic heterocycles. The van der Waals surface area contributed by atoms with Crippen LogP contribution in [0.5, 0.6) is 0 Å². The van der Waals surface area contributed by atoms with Crippen LogP contribution in [0.4, 0.5) is 0 Å². The highest BCUT2D eigenvalue weighted by Gasteiger charge is 2.25. The van der Waals surface area contributed by atoms with Gasteiger partial charge in [-0.2, -0.15) is 0 Å². The number of benzene rings is 1. The highest BCUT2D eigenvalue weighted by molar-refractivity contribution is 7.20. The molecule has 0 unspecified atom stereocenters. The van der Waals surface area contributed by atoms with E-state index >= 15 is 0 Å². The van der Waals surface area contributed by atoms with Crippen LogP contribution < -0.4 is 5.56 Å². The number of ether oxygens (including phenoxy) is 1. The minimum absolute atomic E-state index is 0.178. The molecule has 7 nitrogen and oxygen atoms in total. The number of rotatable bonds is 5. The first-order chi connectivity index (χ1) is 13.3. The molecule has 2 heterocycles. The predicted octanol–water partition coefficient (Wildman–Crippen LogP) is 2.43. The van der Waals surface area contributed by atoms with E-state index in [-0.39, 0.29) is 24.6 Å². The van der Waals surface area contributed by atoms with Crippen LogP contribution in [-0.2, 0) is 23.1 Å². The fraction of sp³-hybridized carbons (Fsp3) is 0.300. The summed E-state index contributed by atoms with van der Waals surface area (Å²) in [5, 5.41) is 0.437. The van der Waals surface area contributed by atoms with Crippen molar-refractivity contribution in [3.05, 3.63) is 62.5 Å². The van der Waals surface area contributed by atoms with Crippen molar-refractivity contribution < 1.29 is 14.3 Å². The van der Waals surface area contributed by atoms with Gasteiger partial charge in [-0.3, -0.25) is 14.4 Å². The number of carbonyl (C=O) groups excluding carboxylic acids is 2. The molecular formula is C20H21N3O4S. The molecule has 3 rings (SSSR count). The van der Waals surface area contributed by atoms with Gasteiger partial charge in [0, 0.05) is 13.6 Å². The molecule has 3 aromatic rings. The number of aromatic nitrogens is 2. The van der Waals surface area contributed by atoms with E-state index < -0.39 is 5.97 Å². The number of nitrogens with zero attached hydrogens (tertiary/aromatic N) is 3. The molecule has 0 spiro atoms. The van der Waals surface area contributed by atoms with Crippen LogP contribution in [0.1, 0.15) is 26.4 Å². The lowest BCUT2D eigenvalue weighted by Gasteiger charge is -2.22. The van der Waals surface area contributed by atoms with Crippen molar-refractivity contribution in [2.75, 3.05) is 13.7 Å². The van der Waals surface area contributed by atoms with Crippen LogP contribution >= 0.6 is 11.3 Å². The Bertz CT molecular complexity index is 1120. The number of aryl methyl sites for hydroxylation is 3. The Hall–Kier alpha value is -3.00. The van der Waals surface area contributed by atoms with Gasteiger partial charge in [-0.1, -0.05) is 24.3 Å². The maximum absolute atomic E-state index is 13.3. The molecule has 0 bridgehead atoms. The quantitative estimate of drug-likeness (QED) is 0.616. The summed E-state index contributed by atoms with van der Waals surface area (Å²) in [6, 6.07) is 7.68. The van der Waals surface area contributed by atoms with Crippen molar-refractivity contribution >= 4 is 33.4 Å². The average molecular weight is 399 g/mol. The summed E-state index contributed by atoms with van der Waals surface area (Å²) in [6.45, 7) is 3.77. The van der Waals surface area contributed by atoms with Crippen molar-refractivity contribution in [3.8, 4) is 0 Å². The molecule has 0 fully saturated rings. The normalized spacial score (nSPS) is 10.9. The number of hydrogen-bond donors (Lipinski definition) is 0. The third kappa shape index (κ3) is 3.68. The molecule has 0 aliphatic rings. The fourth-order valence-corrected chi connectivity index (χ4v) is 4.08. The Morgan fingerprint density at radius 2 is 1.96 bits per heavy atom. The molecule has 1 amide bonds. The number of carbonyl (C=O) groups is 2. The first-order valence-electron chi connectivity index (χ1n) is 8.68. The lowest BCUT2D eigenvalue weighted by molar-refractivity contribution is -0.141. The van der Waals surface area contributed by atoms with E-state index in [0.717, 1.165) is 22.5 Å². The number of amides is 1. The molecule has 0 N–H and O–H groups in total. The maximum atomic E-state index is 13.3. The Morgan fingerprint density at radius 1 is 1.25 bits per heavy atom. The topological polar surface area (TPSA) is 81.5 Å². The predicted molar refractivity (Wildman–Crippen MR) is 108 cm³/mol. The molecule has 8 heteroatoms. The van der Waals surface area contributed by atoms with Gasteiger partial charge in [0.25, 0.3) is 11.5 Å². The van der Waals surface area contributed by atoms with Gasteiger partial charge in [0.15, 0.2) is 0 Å². The third-order valence-electron chi connectivity index (χ3n) is 4.66. The smallest absolute Gasteiger partial charge is 0.325 e. The van der Waals surface area contributed by atoms with E-state index in [9.17, 15) is 14.4 Å². The Kier molecular flexibility index (Phi) is 5.60. The summed E-state index contributed by atoms with van der Waals surface area (Å²) in [4.78, 5) is 44.3. The zero-order valence-corrected chi connectivity index (χ0v) is 17.0. The van der Waals surface area contributed by atoms with Crippen molar-refractivity contribution in [3.63, 3.8) is 0 Å². The van der Waals surface area contributed by atoms with E-state index in [2.05, 4.69) is 4.98 Å². The minimum Gasteiger partial charge on any atom is -0.468 e. The number of methoxy groups -OCH3 is 1. The number of hydrogen-bond acceptors (Lipinski definition) is 6. The number of fused-ring (bicyclic) bond motifs is 1. The van der Waals surface area contributed by atoms with Crippen LogP contribution in [-0.4, -0.2) is 40.0 Å². The van der Waals surface area contributed by atoms with Crippen LogP contribution in [0.15, 0.2) is 35.4 Å². The second-order valence-corrected chi connectivity index (χ2v) is 7.56. The third-order valence-corrected chi connectivity index (χ3v) is 5.85. The average Bonchev–Trinajstić information content (AvgIpc) is 3.02. The van der Waals surface area contributed by atoms with Gasteiger partial charge in [0.1, 0.15) is 11.4 Å². The number of esters is 1. The van der Waals surface area contributed by atoms with Crippen LogP contribution in [0.3, 0.4) is 0 Å². The lowest BCUT2D eigenvalue weighted by atomic mass is 10.1. The van der Waals surface area contributed by atoms with Crippen LogP contribution in [0, 0.1) is 13.8 Å². The molecule has 0 saturated heterocycles. The molecule has 0 saturated carbocycles. The van der Waals surface area contributed by atoms with Gasteiger partial charge in [-0.05, 0) is 30.5 Å². The molecule has 0 radical (unpaired) electrons. The molecule has 0 aliphatic heterocycles. The summed E-state index contributed by atoms with van der Waals surface area (Å²) in [5.41, 5.74) is 2.34. The zero-order valence-electron chi connectivity index (χ0n) is 16.2. The van der Waals surface area contributed by atoms with Crippen LogP contribution in [0.25, 0.3) is 10.2 Å². The van der Waals surface area contributed by atoms with Crippen molar-refractivity contribution in [1.29, 1.82) is 0 Å². The van der Waals surface area contributed by atoms with Crippen LogP contribution in [0.2, 0.25) is 0 Å². The highest BCUT2D eigenvalue weighted by atomic mass is 32.1. The van der Waals surface area contributed by atoms with Gasteiger partial charge in [-0.15, -0.1) is 11.3 Å². The largest absolute Gasteiger partial charge is 0.468 e. The van der Waals surface area contributed by atoms with E-state index in [0.29, 0.717) is 20.7 Å². The van der Waals surface area contributed by atoms with E-state index in [1.807, 2.05) is 31.2 Å². The van der Waals surface area contributed by atoms with Gasteiger partial charge < -0.3 is 14.2 Å². The second-order valence-electron chi connectivity index (χ2n) is 6.56. The molecular weight excluding hydrogens is 378 g/mol. The summed E-state index contributed by atoms with van der Waals surface area (Å²) in [6.07, 6.45) is 1.44. The van der Waals surface area contributed by atoms with Gasteiger partial charge in [0.2, 0.25) is 0 Å². The van der Waals surface area contributed by atoms with Gasteiger partial charge in [-0.25, -0.2) is 4.98 Å². The lowest BCUT2D eigenvalue weighted by Crippen LogP contribution is -2.35. The second kappa shape index (κ2) is 7.93. The van der Waals surface area contributed by atoms with Crippen molar-refractivity contribution in [1.82, 2.24) is 14.5 Å². The fourth-order valence-electron chi connectivity index (χ4n) is 2.97. The molecule has 0 atom stereocenters. The SMILES string of the molecule is COC(=O)CN(Cc1ccccc1C)C(=O)c1sc2ncn(C)c(=O)c2c1C. The standard InChI is InChI=1S/C20H21N3O4S/c1-12-7-5-6-8-14(12)9-23(10-15(24)27-4)20(26)17-13(2)16-18(28-17)21-11-22(3)19(16)25/h5-8,11H,9-10H2,1-4H3. The number of thiophene rings is 1.